The first-order valence-corrected chi connectivity index (χ1v) is 8.84. The number of fused-ring (bicyclic) bond motifs is 1. The van der Waals surface area contributed by atoms with E-state index in [0.29, 0.717) is 6.54 Å². The molecular weight excluding hydrogens is 326 g/mol. The summed E-state index contributed by atoms with van der Waals surface area (Å²) in [6.45, 7) is 4.62. The van der Waals surface area contributed by atoms with E-state index in [-0.39, 0.29) is 30.6 Å². The van der Waals surface area contributed by atoms with E-state index in [1.165, 1.54) is 10.2 Å². The molecule has 26 heavy (non-hydrogen) atoms. The van der Waals surface area contributed by atoms with E-state index < -0.39 is 0 Å². The fraction of sp³-hybridized carbons (Fsp3) is 0.286. The van der Waals surface area contributed by atoms with Gasteiger partial charge in [0, 0.05) is 24.8 Å². The molecule has 2 aromatic carbocycles. The van der Waals surface area contributed by atoms with E-state index in [0.717, 1.165) is 16.5 Å². The number of nitrogens with zero attached hydrogens (tertiary/aromatic N) is 2. The van der Waals surface area contributed by atoms with E-state index in [1.54, 1.807) is 6.20 Å². The predicted octanol–water partition coefficient (Wildman–Crippen LogP) is 3.69. The molecule has 0 spiro atoms. The number of hydrogen-bond donors (Lipinski definition) is 1. The summed E-state index contributed by atoms with van der Waals surface area (Å²) >= 11 is 0. The molecule has 0 saturated heterocycles. The molecule has 1 aromatic heterocycles. The van der Waals surface area contributed by atoms with Crippen LogP contribution in [0.5, 0.6) is 0 Å². The SMILES string of the molecule is Cc1ccc2c(cnn2C(=O)CCC(=O)NCC(C)c2ccccc2)c1. The molecule has 1 unspecified atom stereocenters. The Labute approximate surface area is 153 Å². The molecule has 0 fully saturated rings. The van der Waals surface area contributed by atoms with Crippen LogP contribution in [0.3, 0.4) is 0 Å². The Balaban J connectivity index is 1.51. The maximum atomic E-state index is 12.4. The molecule has 5 nitrogen and oxygen atoms in total. The average molecular weight is 349 g/mol. The van der Waals surface area contributed by atoms with Gasteiger partial charge >= 0.3 is 0 Å². The summed E-state index contributed by atoms with van der Waals surface area (Å²) in [7, 11) is 0. The minimum atomic E-state index is -0.171. The van der Waals surface area contributed by atoms with Crippen molar-refractivity contribution in [2.45, 2.75) is 32.6 Å². The van der Waals surface area contributed by atoms with Gasteiger partial charge in [-0.2, -0.15) is 5.10 Å². The van der Waals surface area contributed by atoms with Gasteiger partial charge in [-0.1, -0.05) is 48.9 Å². The van der Waals surface area contributed by atoms with Gasteiger partial charge in [0.2, 0.25) is 11.8 Å². The Morgan fingerprint density at radius 1 is 1.12 bits per heavy atom. The van der Waals surface area contributed by atoms with Gasteiger partial charge in [0.1, 0.15) is 0 Å². The normalized spacial score (nSPS) is 12.1. The molecule has 0 aliphatic rings. The molecule has 134 valence electrons. The highest BCUT2D eigenvalue weighted by atomic mass is 16.2. The number of rotatable bonds is 6. The number of carbonyl (C=O) groups excluding carboxylic acids is 2. The van der Waals surface area contributed by atoms with Crippen LogP contribution in [0.15, 0.2) is 54.7 Å². The van der Waals surface area contributed by atoms with E-state index in [9.17, 15) is 9.59 Å². The minimum Gasteiger partial charge on any atom is -0.355 e. The van der Waals surface area contributed by atoms with Gasteiger partial charge in [-0.25, -0.2) is 4.68 Å². The standard InChI is InChI=1S/C21H23N3O2/c1-15-8-9-19-18(12-15)14-23-24(19)21(26)11-10-20(25)22-13-16(2)17-6-4-3-5-7-17/h3-9,12,14,16H,10-11,13H2,1-2H3,(H,22,25). The summed E-state index contributed by atoms with van der Waals surface area (Å²) in [4.78, 5) is 24.5. The summed E-state index contributed by atoms with van der Waals surface area (Å²) in [6.07, 6.45) is 1.98. The Hall–Kier alpha value is -2.95. The van der Waals surface area contributed by atoms with E-state index in [2.05, 4.69) is 17.3 Å². The Kier molecular flexibility index (Phi) is 5.46. The van der Waals surface area contributed by atoms with Gasteiger partial charge in [0.05, 0.1) is 11.7 Å². The minimum absolute atomic E-state index is 0.117. The van der Waals surface area contributed by atoms with Gasteiger partial charge in [-0.15, -0.1) is 0 Å². The second kappa shape index (κ2) is 7.95. The van der Waals surface area contributed by atoms with Crippen molar-refractivity contribution in [1.29, 1.82) is 0 Å². The molecule has 5 heteroatoms. The fourth-order valence-corrected chi connectivity index (χ4v) is 2.93. The van der Waals surface area contributed by atoms with Crippen molar-refractivity contribution in [2.75, 3.05) is 6.54 Å². The molecule has 0 aliphatic heterocycles. The highest BCUT2D eigenvalue weighted by molar-refractivity contribution is 5.92. The summed E-state index contributed by atoms with van der Waals surface area (Å²) in [6, 6.07) is 15.9. The smallest absolute Gasteiger partial charge is 0.247 e. The number of hydrogen-bond acceptors (Lipinski definition) is 3. The third kappa shape index (κ3) is 4.17. The fourth-order valence-electron chi connectivity index (χ4n) is 2.93. The van der Waals surface area contributed by atoms with Gasteiger partial charge in [0.25, 0.3) is 0 Å². The van der Waals surface area contributed by atoms with E-state index in [1.807, 2.05) is 55.5 Å². The van der Waals surface area contributed by atoms with Gasteiger partial charge < -0.3 is 5.32 Å². The number of aromatic nitrogens is 2. The van der Waals surface area contributed by atoms with E-state index >= 15 is 0 Å². The maximum Gasteiger partial charge on any atom is 0.247 e. The van der Waals surface area contributed by atoms with Crippen molar-refractivity contribution >= 4 is 22.7 Å². The first kappa shape index (κ1) is 17.9. The monoisotopic (exact) mass is 349 g/mol. The molecular formula is C21H23N3O2. The highest BCUT2D eigenvalue weighted by Crippen LogP contribution is 2.16. The van der Waals surface area contributed by atoms with E-state index in [4.69, 9.17) is 0 Å². The van der Waals surface area contributed by atoms with Crippen molar-refractivity contribution in [1.82, 2.24) is 15.1 Å². The third-order valence-electron chi connectivity index (χ3n) is 4.50. The average Bonchev–Trinajstić information content (AvgIpc) is 3.07. The van der Waals surface area contributed by atoms with Crippen LogP contribution in [0, 0.1) is 6.92 Å². The zero-order chi connectivity index (χ0) is 18.5. The van der Waals surface area contributed by atoms with Crippen LogP contribution >= 0.6 is 0 Å². The lowest BCUT2D eigenvalue weighted by molar-refractivity contribution is -0.121. The Morgan fingerprint density at radius 2 is 1.88 bits per heavy atom. The molecule has 0 saturated carbocycles. The second-order valence-electron chi connectivity index (χ2n) is 6.63. The summed E-state index contributed by atoms with van der Waals surface area (Å²) in [5, 5.41) is 8.00. The van der Waals surface area contributed by atoms with Crippen LogP contribution in [0.25, 0.3) is 10.9 Å². The topological polar surface area (TPSA) is 64.0 Å². The number of aryl methyl sites for hydroxylation is 1. The largest absolute Gasteiger partial charge is 0.355 e. The lowest BCUT2D eigenvalue weighted by Gasteiger charge is -2.13. The van der Waals surface area contributed by atoms with Crippen LogP contribution in [-0.4, -0.2) is 28.1 Å². The third-order valence-corrected chi connectivity index (χ3v) is 4.50. The van der Waals surface area contributed by atoms with Crippen LogP contribution < -0.4 is 5.32 Å². The van der Waals surface area contributed by atoms with Crippen LogP contribution in [0.1, 0.15) is 41.6 Å². The number of amides is 1. The maximum absolute atomic E-state index is 12.4. The Bertz CT molecular complexity index is 915. The zero-order valence-electron chi connectivity index (χ0n) is 15.1. The van der Waals surface area contributed by atoms with Crippen LogP contribution in [0.4, 0.5) is 0 Å². The van der Waals surface area contributed by atoms with Gasteiger partial charge in [-0.3, -0.25) is 9.59 Å². The van der Waals surface area contributed by atoms with Gasteiger partial charge in [-0.05, 0) is 30.5 Å². The zero-order valence-corrected chi connectivity index (χ0v) is 15.1. The van der Waals surface area contributed by atoms with Crippen molar-refractivity contribution in [2.24, 2.45) is 0 Å². The molecule has 1 atom stereocenters. The second-order valence-corrected chi connectivity index (χ2v) is 6.63. The first-order valence-electron chi connectivity index (χ1n) is 8.84. The van der Waals surface area contributed by atoms with Crippen molar-refractivity contribution in [3.05, 3.63) is 65.9 Å². The molecule has 1 amide bonds. The number of nitrogens with one attached hydrogen (secondary N) is 1. The highest BCUT2D eigenvalue weighted by Gasteiger charge is 2.13. The van der Waals surface area contributed by atoms with Crippen molar-refractivity contribution < 1.29 is 9.59 Å². The first-order chi connectivity index (χ1) is 12.5. The summed E-state index contributed by atoms with van der Waals surface area (Å²) < 4.78 is 1.38. The Morgan fingerprint density at radius 3 is 2.65 bits per heavy atom. The summed E-state index contributed by atoms with van der Waals surface area (Å²) in [5.41, 5.74) is 3.08. The van der Waals surface area contributed by atoms with Crippen LogP contribution in [0.2, 0.25) is 0 Å². The van der Waals surface area contributed by atoms with Crippen LogP contribution in [-0.2, 0) is 4.79 Å². The molecule has 3 aromatic rings. The van der Waals surface area contributed by atoms with Crippen molar-refractivity contribution in [3.63, 3.8) is 0 Å². The lowest BCUT2D eigenvalue weighted by Crippen LogP contribution is -2.28. The molecule has 0 aliphatic carbocycles. The molecule has 3 rings (SSSR count). The van der Waals surface area contributed by atoms with Crippen molar-refractivity contribution in [3.8, 4) is 0 Å². The molecule has 0 radical (unpaired) electrons. The molecule has 1 N–H and O–H groups in total. The molecule has 0 bridgehead atoms. The predicted molar refractivity (Wildman–Crippen MR) is 102 cm³/mol. The lowest BCUT2D eigenvalue weighted by atomic mass is 10.0. The number of benzene rings is 2. The summed E-state index contributed by atoms with van der Waals surface area (Å²) in [5.74, 6) is -0.0577. The quantitative estimate of drug-likeness (QED) is 0.738. The molecule has 1 heterocycles. The van der Waals surface area contributed by atoms with Gasteiger partial charge in [0.15, 0.2) is 0 Å². The number of carbonyl (C=O) groups is 2.